The summed E-state index contributed by atoms with van der Waals surface area (Å²) in [5.74, 6) is 4.66. The Morgan fingerprint density at radius 2 is 1.94 bits per heavy atom. The summed E-state index contributed by atoms with van der Waals surface area (Å²) in [4.78, 5) is 24.5. The van der Waals surface area contributed by atoms with Gasteiger partial charge in [-0.25, -0.2) is 13.2 Å². The summed E-state index contributed by atoms with van der Waals surface area (Å²) in [5.41, 5.74) is -0.903. The minimum atomic E-state index is -2.85. The van der Waals surface area contributed by atoms with Gasteiger partial charge in [-0.15, -0.1) is 11.3 Å². The molecule has 1 fully saturated rings. The molecular weight excluding hydrogens is 475 g/mol. The quantitative estimate of drug-likeness (QED) is 0.573. The summed E-state index contributed by atoms with van der Waals surface area (Å²) < 4.78 is 40.0. The fraction of sp³-hybridized carbons (Fsp3) is 0.478. The minimum Gasteiger partial charge on any atom is -0.320 e. The molecule has 0 saturated carbocycles. The van der Waals surface area contributed by atoms with Crippen LogP contribution in [0.2, 0.25) is 4.34 Å². The number of thiophene rings is 1. The SMILES string of the molecule is CC1(C)CC(C#Cc2cc(C(=O)Nc3cc(F)c(=O)n(CC(F)F)c3)sc2Cl)CC(C)(C)N1. The first-order valence-electron chi connectivity index (χ1n) is 10.3. The number of carbonyl (C=O) groups is 1. The predicted molar refractivity (Wildman–Crippen MR) is 125 cm³/mol. The zero-order valence-corrected chi connectivity index (χ0v) is 20.3. The Bertz CT molecular complexity index is 1160. The molecule has 2 N–H and O–H groups in total. The van der Waals surface area contributed by atoms with Gasteiger partial charge in [-0.05, 0) is 46.6 Å². The lowest BCUT2D eigenvalue weighted by atomic mass is 9.76. The normalized spacial score (nSPS) is 17.5. The first-order valence-corrected chi connectivity index (χ1v) is 11.5. The Labute approximate surface area is 199 Å². The van der Waals surface area contributed by atoms with Gasteiger partial charge in [0.2, 0.25) is 0 Å². The van der Waals surface area contributed by atoms with Crippen molar-refractivity contribution >= 4 is 34.5 Å². The van der Waals surface area contributed by atoms with Crippen LogP contribution in [0.3, 0.4) is 0 Å². The molecule has 3 heterocycles. The van der Waals surface area contributed by atoms with Crippen LogP contribution in [0.5, 0.6) is 0 Å². The number of nitrogens with zero attached hydrogens (tertiary/aromatic N) is 1. The van der Waals surface area contributed by atoms with E-state index in [9.17, 15) is 22.8 Å². The van der Waals surface area contributed by atoms with Crippen molar-refractivity contribution in [3.8, 4) is 11.8 Å². The van der Waals surface area contributed by atoms with Gasteiger partial charge in [-0.2, -0.15) is 0 Å². The fourth-order valence-electron chi connectivity index (χ4n) is 4.31. The maximum atomic E-state index is 13.8. The molecule has 0 unspecified atom stereocenters. The van der Waals surface area contributed by atoms with E-state index >= 15 is 0 Å². The number of nitrogens with one attached hydrogen (secondary N) is 2. The van der Waals surface area contributed by atoms with Crippen molar-refractivity contribution in [3.63, 3.8) is 0 Å². The molecule has 33 heavy (non-hydrogen) atoms. The van der Waals surface area contributed by atoms with Crippen LogP contribution in [0.4, 0.5) is 18.9 Å². The van der Waals surface area contributed by atoms with Crippen molar-refractivity contribution in [1.29, 1.82) is 0 Å². The van der Waals surface area contributed by atoms with E-state index < -0.39 is 30.3 Å². The molecule has 0 bridgehead atoms. The average Bonchev–Trinajstić information content (AvgIpc) is 3.02. The smallest absolute Gasteiger partial charge is 0.286 e. The van der Waals surface area contributed by atoms with Crippen LogP contribution in [0.1, 0.15) is 55.8 Å². The Balaban J connectivity index is 1.77. The zero-order valence-electron chi connectivity index (χ0n) is 18.7. The second-order valence-corrected chi connectivity index (χ2v) is 11.1. The van der Waals surface area contributed by atoms with Crippen LogP contribution < -0.4 is 16.2 Å². The highest BCUT2D eigenvalue weighted by atomic mass is 35.5. The number of anilines is 1. The van der Waals surface area contributed by atoms with Gasteiger partial charge in [0.25, 0.3) is 17.9 Å². The van der Waals surface area contributed by atoms with E-state index in [4.69, 9.17) is 11.6 Å². The molecule has 0 atom stereocenters. The van der Waals surface area contributed by atoms with Gasteiger partial charge in [0.15, 0.2) is 5.82 Å². The molecule has 3 rings (SSSR count). The molecule has 0 aromatic carbocycles. The Morgan fingerprint density at radius 1 is 1.30 bits per heavy atom. The van der Waals surface area contributed by atoms with E-state index in [0.717, 1.165) is 36.4 Å². The van der Waals surface area contributed by atoms with Crippen molar-refractivity contribution in [2.45, 2.75) is 64.6 Å². The molecule has 0 radical (unpaired) electrons. The monoisotopic (exact) mass is 499 g/mol. The number of halogens is 4. The number of amides is 1. The molecule has 10 heteroatoms. The van der Waals surface area contributed by atoms with Crippen LogP contribution in [-0.2, 0) is 6.54 Å². The molecule has 5 nitrogen and oxygen atoms in total. The molecule has 0 aliphatic carbocycles. The Morgan fingerprint density at radius 3 is 2.55 bits per heavy atom. The first-order chi connectivity index (χ1) is 15.2. The van der Waals surface area contributed by atoms with Crippen LogP contribution in [0.25, 0.3) is 0 Å². The molecule has 1 aliphatic heterocycles. The largest absolute Gasteiger partial charge is 0.320 e. The van der Waals surface area contributed by atoms with Crippen molar-refractivity contribution in [2.75, 3.05) is 5.32 Å². The van der Waals surface area contributed by atoms with Gasteiger partial charge in [0.05, 0.1) is 22.7 Å². The maximum absolute atomic E-state index is 13.8. The van der Waals surface area contributed by atoms with Crippen LogP contribution in [0, 0.1) is 23.6 Å². The van der Waals surface area contributed by atoms with Gasteiger partial charge >= 0.3 is 0 Å². The van der Waals surface area contributed by atoms with E-state index in [2.05, 4.69) is 50.2 Å². The van der Waals surface area contributed by atoms with Gasteiger partial charge < -0.3 is 15.2 Å². The Hall–Kier alpha value is -2.28. The predicted octanol–water partition coefficient (Wildman–Crippen LogP) is 5.13. The second-order valence-electron chi connectivity index (χ2n) is 9.44. The standard InChI is InChI=1S/C23H25ClF3N3O2S/c1-22(2)9-13(10-23(3,4)29-22)5-6-14-7-17(33-19(14)24)20(31)28-15-8-16(25)21(32)30(11-15)12-18(26)27/h7-8,11,13,18,29H,9-10,12H2,1-4H3,(H,28,31). The summed E-state index contributed by atoms with van der Waals surface area (Å²) in [6.45, 7) is 7.56. The molecule has 0 spiro atoms. The number of hydrogen-bond donors (Lipinski definition) is 2. The third-order valence-electron chi connectivity index (χ3n) is 5.15. The topological polar surface area (TPSA) is 63.1 Å². The van der Waals surface area contributed by atoms with Crippen LogP contribution >= 0.6 is 22.9 Å². The lowest BCUT2D eigenvalue weighted by Crippen LogP contribution is -2.57. The van der Waals surface area contributed by atoms with E-state index in [0.29, 0.717) is 14.5 Å². The number of aromatic nitrogens is 1. The van der Waals surface area contributed by atoms with Crippen molar-refractivity contribution in [1.82, 2.24) is 9.88 Å². The number of hydrogen-bond acceptors (Lipinski definition) is 4. The number of pyridine rings is 1. The molecule has 1 saturated heterocycles. The van der Waals surface area contributed by atoms with E-state index in [1.165, 1.54) is 6.07 Å². The van der Waals surface area contributed by atoms with Gasteiger partial charge in [0, 0.05) is 29.3 Å². The second kappa shape index (κ2) is 9.53. The van der Waals surface area contributed by atoms with Crippen LogP contribution in [0.15, 0.2) is 23.1 Å². The third-order valence-corrected chi connectivity index (χ3v) is 6.50. The highest BCUT2D eigenvalue weighted by Gasteiger charge is 2.36. The molecule has 1 aliphatic rings. The lowest BCUT2D eigenvalue weighted by Gasteiger charge is -2.45. The summed E-state index contributed by atoms with van der Waals surface area (Å²) in [6, 6.07) is 2.33. The van der Waals surface area contributed by atoms with Crippen LogP contribution in [-0.4, -0.2) is 28.0 Å². The molecule has 2 aromatic rings. The van der Waals surface area contributed by atoms with Crippen molar-refractivity contribution < 1.29 is 18.0 Å². The minimum absolute atomic E-state index is 0.0549. The molecule has 178 valence electrons. The van der Waals surface area contributed by atoms with Gasteiger partial charge in [-0.1, -0.05) is 23.4 Å². The molecule has 2 aromatic heterocycles. The number of piperidine rings is 1. The van der Waals surface area contributed by atoms with E-state index in [1.54, 1.807) is 0 Å². The van der Waals surface area contributed by atoms with Crippen molar-refractivity contribution in [2.24, 2.45) is 5.92 Å². The highest BCUT2D eigenvalue weighted by molar-refractivity contribution is 7.18. The number of alkyl halides is 2. The summed E-state index contributed by atoms with van der Waals surface area (Å²) >= 11 is 7.29. The summed E-state index contributed by atoms with van der Waals surface area (Å²) in [5, 5.41) is 6.02. The zero-order chi connectivity index (χ0) is 24.6. The van der Waals surface area contributed by atoms with E-state index in [-0.39, 0.29) is 27.6 Å². The highest BCUT2D eigenvalue weighted by Crippen LogP contribution is 2.33. The summed E-state index contributed by atoms with van der Waals surface area (Å²) in [6.07, 6.45) is -0.121. The fourth-order valence-corrected chi connectivity index (χ4v) is 5.40. The number of carbonyl (C=O) groups excluding carboxylic acids is 1. The average molecular weight is 500 g/mol. The molecular formula is C23H25ClF3N3O2S. The third kappa shape index (κ3) is 6.62. The maximum Gasteiger partial charge on any atom is 0.286 e. The molecule has 1 amide bonds. The van der Waals surface area contributed by atoms with Gasteiger partial charge in [0.1, 0.15) is 4.34 Å². The summed E-state index contributed by atoms with van der Waals surface area (Å²) in [7, 11) is 0. The Kier molecular flexibility index (Phi) is 7.32. The lowest BCUT2D eigenvalue weighted by molar-refractivity contribution is 0.103. The first kappa shape index (κ1) is 25.3. The van der Waals surface area contributed by atoms with E-state index in [1.807, 2.05) is 0 Å². The van der Waals surface area contributed by atoms with Gasteiger partial charge in [-0.3, -0.25) is 9.59 Å². The van der Waals surface area contributed by atoms with Crippen molar-refractivity contribution in [3.05, 3.63) is 49.3 Å². The number of rotatable bonds is 4.